The summed E-state index contributed by atoms with van der Waals surface area (Å²) in [6, 6.07) is 7.90. The summed E-state index contributed by atoms with van der Waals surface area (Å²) in [5.74, 6) is 2.13. The van der Waals surface area contributed by atoms with Gasteiger partial charge in [-0.1, -0.05) is 22.0 Å². The number of hydrogen-bond donors (Lipinski definition) is 0. The Balaban J connectivity index is 2.49. The first-order valence-corrected chi connectivity index (χ1v) is 7.48. The van der Waals surface area contributed by atoms with Crippen molar-refractivity contribution < 1.29 is 14.2 Å². The van der Waals surface area contributed by atoms with Gasteiger partial charge in [0.05, 0.1) is 26.2 Å². The average Bonchev–Trinajstić information content (AvgIpc) is 2.99. The molecule has 0 saturated heterocycles. The molecular weight excluding hydrogens is 328 g/mol. The maximum atomic E-state index is 5.45. The standard InChI is InChI=1S/C14H15BrO3S/c1-16-10-8-12(18-3)11(17-2)7-9(10)14(15)13-5-4-6-19-13/h4-8,14H,1-3H3. The van der Waals surface area contributed by atoms with Gasteiger partial charge in [-0.25, -0.2) is 0 Å². The van der Waals surface area contributed by atoms with E-state index in [9.17, 15) is 0 Å². The lowest BCUT2D eigenvalue weighted by Gasteiger charge is -2.17. The molecule has 0 fully saturated rings. The Kier molecular flexibility index (Phi) is 4.71. The van der Waals surface area contributed by atoms with Gasteiger partial charge < -0.3 is 14.2 Å². The van der Waals surface area contributed by atoms with Gasteiger partial charge in [-0.3, -0.25) is 0 Å². The van der Waals surface area contributed by atoms with Crippen LogP contribution >= 0.6 is 27.3 Å². The van der Waals surface area contributed by atoms with Crippen molar-refractivity contribution in [2.24, 2.45) is 0 Å². The lowest BCUT2D eigenvalue weighted by atomic mass is 10.1. The lowest BCUT2D eigenvalue weighted by molar-refractivity contribution is 0.348. The fraction of sp³-hybridized carbons (Fsp3) is 0.286. The van der Waals surface area contributed by atoms with Crippen LogP contribution in [0.4, 0.5) is 0 Å². The molecule has 1 heterocycles. The molecule has 2 rings (SSSR count). The van der Waals surface area contributed by atoms with Gasteiger partial charge in [0, 0.05) is 16.5 Å². The third-order valence-electron chi connectivity index (χ3n) is 2.80. The van der Waals surface area contributed by atoms with Crippen LogP contribution in [0, 0.1) is 0 Å². The molecule has 0 spiro atoms. The molecule has 0 amide bonds. The van der Waals surface area contributed by atoms with Crippen molar-refractivity contribution in [2.45, 2.75) is 4.83 Å². The number of ether oxygens (including phenoxy) is 3. The van der Waals surface area contributed by atoms with Gasteiger partial charge in [0.25, 0.3) is 0 Å². The van der Waals surface area contributed by atoms with Crippen molar-refractivity contribution >= 4 is 27.3 Å². The summed E-state index contributed by atoms with van der Waals surface area (Å²) in [4.78, 5) is 1.28. The molecule has 2 aromatic rings. The maximum absolute atomic E-state index is 5.45. The normalized spacial score (nSPS) is 12.0. The fourth-order valence-electron chi connectivity index (χ4n) is 1.84. The van der Waals surface area contributed by atoms with Gasteiger partial charge in [0.2, 0.25) is 0 Å². The molecule has 1 aromatic carbocycles. The molecular formula is C14H15BrO3S. The summed E-state index contributed by atoms with van der Waals surface area (Å²) in [5, 5.41) is 2.05. The minimum atomic E-state index is 0.0715. The van der Waals surface area contributed by atoms with Crippen LogP contribution < -0.4 is 14.2 Å². The Hall–Kier alpha value is -1.20. The van der Waals surface area contributed by atoms with Gasteiger partial charge in [0.1, 0.15) is 5.75 Å². The summed E-state index contributed by atoms with van der Waals surface area (Å²) in [5.41, 5.74) is 1.02. The highest BCUT2D eigenvalue weighted by Gasteiger charge is 2.19. The highest BCUT2D eigenvalue weighted by atomic mass is 79.9. The molecule has 1 atom stereocenters. The second-order valence-electron chi connectivity index (χ2n) is 3.83. The van der Waals surface area contributed by atoms with Gasteiger partial charge in [-0.05, 0) is 17.5 Å². The molecule has 1 unspecified atom stereocenters. The SMILES string of the molecule is COc1cc(OC)c(C(Br)c2cccs2)cc1OC. The summed E-state index contributed by atoms with van der Waals surface area (Å²) in [7, 11) is 4.89. The molecule has 0 N–H and O–H groups in total. The molecule has 102 valence electrons. The van der Waals surface area contributed by atoms with Crippen LogP contribution in [0.25, 0.3) is 0 Å². The number of halogens is 1. The van der Waals surface area contributed by atoms with Crippen LogP contribution in [0.2, 0.25) is 0 Å². The first-order chi connectivity index (χ1) is 9.21. The molecule has 0 bridgehead atoms. The van der Waals surface area contributed by atoms with Crippen molar-refractivity contribution in [1.29, 1.82) is 0 Å². The number of methoxy groups -OCH3 is 3. The van der Waals surface area contributed by atoms with E-state index < -0.39 is 0 Å². The van der Waals surface area contributed by atoms with E-state index in [4.69, 9.17) is 14.2 Å². The van der Waals surface area contributed by atoms with Crippen LogP contribution in [0.5, 0.6) is 17.2 Å². The van der Waals surface area contributed by atoms with Gasteiger partial charge in [-0.15, -0.1) is 11.3 Å². The Morgan fingerprint density at radius 3 is 2.16 bits per heavy atom. The van der Waals surface area contributed by atoms with Gasteiger partial charge >= 0.3 is 0 Å². The minimum absolute atomic E-state index is 0.0715. The van der Waals surface area contributed by atoms with E-state index in [0.29, 0.717) is 11.5 Å². The van der Waals surface area contributed by atoms with Crippen molar-refractivity contribution in [3.8, 4) is 17.2 Å². The van der Waals surface area contributed by atoms with E-state index in [1.807, 2.05) is 18.2 Å². The quantitative estimate of drug-likeness (QED) is 0.760. The van der Waals surface area contributed by atoms with Crippen molar-refractivity contribution in [2.75, 3.05) is 21.3 Å². The average molecular weight is 343 g/mol. The molecule has 0 aliphatic heterocycles. The van der Waals surface area contributed by atoms with E-state index in [1.165, 1.54) is 4.88 Å². The zero-order valence-corrected chi connectivity index (χ0v) is 13.4. The summed E-state index contributed by atoms with van der Waals surface area (Å²) in [6.45, 7) is 0. The predicted molar refractivity (Wildman–Crippen MR) is 81.2 cm³/mol. The number of rotatable bonds is 5. The van der Waals surface area contributed by atoms with E-state index >= 15 is 0 Å². The van der Waals surface area contributed by atoms with E-state index in [0.717, 1.165) is 11.3 Å². The molecule has 0 aliphatic rings. The summed E-state index contributed by atoms with van der Waals surface area (Å²) >= 11 is 5.40. The Morgan fingerprint density at radius 1 is 1.00 bits per heavy atom. The fourth-order valence-corrected chi connectivity index (χ4v) is 3.39. The van der Waals surface area contributed by atoms with Gasteiger partial charge in [0.15, 0.2) is 11.5 Å². The first kappa shape index (κ1) is 14.2. The Morgan fingerprint density at radius 2 is 1.63 bits per heavy atom. The van der Waals surface area contributed by atoms with Crippen LogP contribution in [0.3, 0.4) is 0 Å². The van der Waals surface area contributed by atoms with Crippen molar-refractivity contribution in [1.82, 2.24) is 0 Å². The van der Waals surface area contributed by atoms with Crippen LogP contribution in [-0.4, -0.2) is 21.3 Å². The second kappa shape index (κ2) is 6.30. The summed E-state index contributed by atoms with van der Waals surface area (Å²) < 4.78 is 16.1. The van der Waals surface area contributed by atoms with Crippen LogP contribution in [0.1, 0.15) is 15.3 Å². The van der Waals surface area contributed by atoms with E-state index in [-0.39, 0.29) is 4.83 Å². The third kappa shape index (κ3) is 2.87. The third-order valence-corrected chi connectivity index (χ3v) is 5.03. The first-order valence-electron chi connectivity index (χ1n) is 5.68. The number of thiophene rings is 1. The topological polar surface area (TPSA) is 27.7 Å². The Bertz CT molecular complexity index is 540. The van der Waals surface area contributed by atoms with E-state index in [2.05, 4.69) is 27.4 Å². The Labute approximate surface area is 125 Å². The predicted octanol–water partition coefficient (Wildman–Crippen LogP) is 4.26. The number of benzene rings is 1. The molecule has 5 heteroatoms. The monoisotopic (exact) mass is 342 g/mol. The smallest absolute Gasteiger partial charge is 0.164 e. The lowest BCUT2D eigenvalue weighted by Crippen LogP contribution is -1.99. The molecule has 0 aliphatic carbocycles. The van der Waals surface area contributed by atoms with Gasteiger partial charge in [-0.2, -0.15) is 0 Å². The molecule has 3 nitrogen and oxygen atoms in total. The highest BCUT2D eigenvalue weighted by Crippen LogP contribution is 2.43. The largest absolute Gasteiger partial charge is 0.496 e. The molecule has 0 saturated carbocycles. The van der Waals surface area contributed by atoms with Crippen LogP contribution in [-0.2, 0) is 0 Å². The van der Waals surface area contributed by atoms with Crippen molar-refractivity contribution in [3.63, 3.8) is 0 Å². The number of alkyl halides is 1. The second-order valence-corrected chi connectivity index (χ2v) is 5.72. The van der Waals surface area contributed by atoms with E-state index in [1.54, 1.807) is 32.7 Å². The maximum Gasteiger partial charge on any atom is 0.164 e. The zero-order valence-electron chi connectivity index (χ0n) is 11.0. The zero-order chi connectivity index (χ0) is 13.8. The van der Waals surface area contributed by atoms with Crippen LogP contribution in [0.15, 0.2) is 29.6 Å². The van der Waals surface area contributed by atoms with Crippen molar-refractivity contribution in [3.05, 3.63) is 40.1 Å². The summed E-state index contributed by atoms with van der Waals surface area (Å²) in [6.07, 6.45) is 0. The molecule has 0 radical (unpaired) electrons. The molecule has 1 aromatic heterocycles. The highest BCUT2D eigenvalue weighted by molar-refractivity contribution is 9.09. The number of hydrogen-bond acceptors (Lipinski definition) is 4. The molecule has 19 heavy (non-hydrogen) atoms. The minimum Gasteiger partial charge on any atom is -0.496 e.